The molecule has 1 N–H and O–H groups in total. The van der Waals surface area contributed by atoms with E-state index >= 15 is 0 Å². The Balaban J connectivity index is 1.88. The Labute approximate surface area is 187 Å². The summed E-state index contributed by atoms with van der Waals surface area (Å²) >= 11 is -1.26. The highest BCUT2D eigenvalue weighted by molar-refractivity contribution is 7.91. The molecule has 0 saturated carbocycles. The average molecular weight is 461 g/mol. The van der Waals surface area contributed by atoms with Gasteiger partial charge in [0, 0.05) is 28.0 Å². The Morgan fingerprint density at radius 2 is 1.81 bits per heavy atom. The van der Waals surface area contributed by atoms with Gasteiger partial charge in [0.25, 0.3) is 10.0 Å². The zero-order valence-electron chi connectivity index (χ0n) is 18.2. The third-order valence-electron chi connectivity index (χ3n) is 5.63. The third-order valence-corrected chi connectivity index (χ3v) is 9.00. The predicted octanol–water partition coefficient (Wildman–Crippen LogP) is 4.32. The van der Waals surface area contributed by atoms with Gasteiger partial charge in [-0.1, -0.05) is 18.2 Å². The van der Waals surface area contributed by atoms with Crippen LogP contribution in [0, 0.1) is 0 Å². The molecule has 166 valence electrons. The maximum Gasteiger partial charge on any atom is 0.268 e. The van der Waals surface area contributed by atoms with Crippen molar-refractivity contribution < 1.29 is 17.7 Å². The molecule has 31 heavy (non-hydrogen) atoms. The lowest BCUT2D eigenvalue weighted by Crippen LogP contribution is -2.42. The lowest BCUT2D eigenvalue weighted by molar-refractivity contribution is 0.414. The van der Waals surface area contributed by atoms with Crippen LogP contribution >= 0.6 is 0 Å². The standard InChI is InChI=1S/C23H28N2O4S2/c1-23(2,3)30(26)24-19-9-7-11-21-22(19)18-8-5-6-10-20(18)25(21)31(27,28)17-14-12-16(29-4)13-15-17/h5-6,8,10,12-15,19,24H,7,9,11H2,1-4H3/t19-,30+/m0/s1. The van der Waals surface area contributed by atoms with Gasteiger partial charge in [0.05, 0.1) is 23.6 Å². The molecular formula is C23H28N2O4S2. The van der Waals surface area contributed by atoms with E-state index < -0.39 is 26.1 Å². The topological polar surface area (TPSA) is 83.4 Å². The van der Waals surface area contributed by atoms with Gasteiger partial charge in [0.2, 0.25) is 0 Å². The molecule has 4 rings (SSSR count). The Hall–Kier alpha value is -2.00. The number of methoxy groups -OCH3 is 1. The van der Waals surface area contributed by atoms with Gasteiger partial charge in [0.15, 0.2) is 0 Å². The predicted molar refractivity (Wildman–Crippen MR) is 124 cm³/mol. The molecule has 0 saturated heterocycles. The second-order valence-electron chi connectivity index (χ2n) is 8.77. The minimum atomic E-state index is -3.81. The van der Waals surface area contributed by atoms with E-state index in [1.165, 1.54) is 3.97 Å². The van der Waals surface area contributed by atoms with Crippen molar-refractivity contribution in [1.82, 2.24) is 8.69 Å². The van der Waals surface area contributed by atoms with E-state index in [0.29, 0.717) is 17.7 Å². The van der Waals surface area contributed by atoms with Crippen molar-refractivity contribution in [2.45, 2.75) is 55.7 Å². The second kappa shape index (κ2) is 8.16. The molecule has 1 heterocycles. The van der Waals surface area contributed by atoms with Crippen LogP contribution in [0.3, 0.4) is 0 Å². The number of rotatable bonds is 5. The molecule has 8 heteroatoms. The van der Waals surface area contributed by atoms with Crippen molar-refractivity contribution in [3.8, 4) is 5.75 Å². The number of fused-ring (bicyclic) bond motifs is 3. The van der Waals surface area contributed by atoms with E-state index in [4.69, 9.17) is 4.74 Å². The lowest BCUT2D eigenvalue weighted by Gasteiger charge is -2.30. The smallest absolute Gasteiger partial charge is 0.268 e. The first-order chi connectivity index (χ1) is 14.6. The molecule has 1 aliphatic carbocycles. The van der Waals surface area contributed by atoms with Crippen LogP contribution in [0.4, 0.5) is 0 Å². The molecule has 0 fully saturated rings. The number of ether oxygens (including phenoxy) is 1. The van der Waals surface area contributed by atoms with Crippen LogP contribution in [0.25, 0.3) is 10.9 Å². The second-order valence-corrected chi connectivity index (χ2v) is 12.6. The summed E-state index contributed by atoms with van der Waals surface area (Å²) in [6.45, 7) is 5.78. The first-order valence-corrected chi connectivity index (χ1v) is 12.9. The first-order valence-electron chi connectivity index (χ1n) is 10.3. The minimum Gasteiger partial charge on any atom is -0.598 e. The quantitative estimate of drug-likeness (QED) is 0.574. The number of nitrogens with zero attached hydrogens (tertiary/aromatic N) is 1. The van der Waals surface area contributed by atoms with Crippen molar-refractivity contribution in [2.24, 2.45) is 0 Å². The fourth-order valence-corrected chi connectivity index (χ4v) is 6.52. The van der Waals surface area contributed by atoms with E-state index in [2.05, 4.69) is 4.72 Å². The summed E-state index contributed by atoms with van der Waals surface area (Å²) < 4.78 is 49.8. The summed E-state index contributed by atoms with van der Waals surface area (Å²) in [5, 5.41) is 0.887. The van der Waals surface area contributed by atoms with Crippen LogP contribution in [-0.4, -0.2) is 28.8 Å². The summed E-state index contributed by atoms with van der Waals surface area (Å²) in [5.41, 5.74) is 2.36. The highest BCUT2D eigenvalue weighted by atomic mass is 32.2. The molecule has 0 bridgehead atoms. The molecule has 2 aromatic carbocycles. The van der Waals surface area contributed by atoms with Crippen molar-refractivity contribution in [1.29, 1.82) is 0 Å². The van der Waals surface area contributed by atoms with Crippen LogP contribution < -0.4 is 9.46 Å². The summed E-state index contributed by atoms with van der Waals surface area (Å²) in [7, 11) is -2.26. The fraction of sp³-hybridized carbons (Fsp3) is 0.391. The SMILES string of the molecule is COc1ccc(S(=O)(=O)n2c3c(c4ccccc42)[C@@H](N[S@+]([O-])C(C)(C)C)CCC3)cc1. The van der Waals surface area contributed by atoms with E-state index in [0.717, 1.165) is 29.5 Å². The number of hydrogen-bond donors (Lipinski definition) is 1. The summed E-state index contributed by atoms with van der Waals surface area (Å²) in [5.74, 6) is 0.604. The van der Waals surface area contributed by atoms with E-state index in [1.807, 2.05) is 45.0 Å². The highest BCUT2D eigenvalue weighted by Gasteiger charge is 2.36. The zero-order chi connectivity index (χ0) is 22.4. The summed E-state index contributed by atoms with van der Waals surface area (Å²) in [6.07, 6.45) is 2.28. The van der Waals surface area contributed by atoms with Crippen LogP contribution in [0.5, 0.6) is 5.75 Å². The fourth-order valence-electron chi connectivity index (χ4n) is 4.08. The number of aromatic nitrogens is 1. The van der Waals surface area contributed by atoms with Gasteiger partial charge in [0.1, 0.15) is 10.5 Å². The van der Waals surface area contributed by atoms with Gasteiger partial charge < -0.3 is 9.29 Å². The highest BCUT2D eigenvalue weighted by Crippen LogP contribution is 2.40. The van der Waals surface area contributed by atoms with Gasteiger partial charge in [-0.05, 0) is 70.4 Å². The average Bonchev–Trinajstić information content (AvgIpc) is 3.09. The molecule has 0 unspecified atom stereocenters. The molecule has 1 aromatic heterocycles. The number of hydrogen-bond acceptors (Lipinski definition) is 5. The van der Waals surface area contributed by atoms with Gasteiger partial charge in [-0.2, -0.15) is 0 Å². The number of nitrogens with one attached hydrogen (secondary N) is 1. The van der Waals surface area contributed by atoms with Crippen LogP contribution in [0.15, 0.2) is 53.4 Å². The number of para-hydroxylation sites is 1. The molecule has 0 amide bonds. The maximum atomic E-state index is 13.7. The summed E-state index contributed by atoms with van der Waals surface area (Å²) in [6, 6.07) is 13.8. The molecule has 0 radical (unpaired) electrons. The van der Waals surface area contributed by atoms with Crippen LogP contribution in [0.2, 0.25) is 0 Å². The van der Waals surface area contributed by atoms with E-state index in [1.54, 1.807) is 31.4 Å². The Morgan fingerprint density at radius 3 is 2.45 bits per heavy atom. The Kier molecular flexibility index (Phi) is 5.85. The van der Waals surface area contributed by atoms with Crippen LogP contribution in [-0.2, 0) is 27.8 Å². The van der Waals surface area contributed by atoms with Crippen molar-refractivity contribution in [2.75, 3.05) is 7.11 Å². The first kappa shape index (κ1) is 22.2. The van der Waals surface area contributed by atoms with Gasteiger partial charge >= 0.3 is 0 Å². The molecule has 0 spiro atoms. The van der Waals surface area contributed by atoms with Gasteiger partial charge in [-0.3, -0.25) is 0 Å². The molecule has 2 atom stereocenters. The maximum absolute atomic E-state index is 13.7. The Morgan fingerprint density at radius 1 is 1.13 bits per heavy atom. The van der Waals surface area contributed by atoms with Crippen LogP contribution in [0.1, 0.15) is 50.9 Å². The van der Waals surface area contributed by atoms with Crippen molar-refractivity contribution >= 4 is 32.3 Å². The van der Waals surface area contributed by atoms with Gasteiger partial charge in [-0.25, -0.2) is 12.4 Å². The number of benzene rings is 2. The summed E-state index contributed by atoms with van der Waals surface area (Å²) in [4.78, 5) is 0.213. The molecule has 0 aliphatic heterocycles. The normalized spacial score (nSPS) is 18.0. The molecule has 3 aromatic rings. The monoisotopic (exact) mass is 460 g/mol. The molecule has 6 nitrogen and oxygen atoms in total. The molecular weight excluding hydrogens is 432 g/mol. The van der Waals surface area contributed by atoms with Gasteiger partial charge in [-0.15, -0.1) is 4.72 Å². The Bertz CT molecular complexity index is 1190. The molecule has 1 aliphatic rings. The zero-order valence-corrected chi connectivity index (χ0v) is 19.8. The largest absolute Gasteiger partial charge is 0.598 e. The third kappa shape index (κ3) is 3.98. The van der Waals surface area contributed by atoms with E-state index in [9.17, 15) is 13.0 Å². The van der Waals surface area contributed by atoms with Crippen molar-refractivity contribution in [3.63, 3.8) is 0 Å². The van der Waals surface area contributed by atoms with Crippen molar-refractivity contribution in [3.05, 3.63) is 59.8 Å². The lowest BCUT2D eigenvalue weighted by atomic mass is 9.91. The minimum absolute atomic E-state index is 0.166. The van der Waals surface area contributed by atoms with E-state index in [-0.39, 0.29) is 10.9 Å².